The predicted octanol–water partition coefficient (Wildman–Crippen LogP) is 10.0. The molecule has 0 saturated carbocycles. The molecule has 4 heterocycles. The molecule has 272 valence electrons. The van der Waals surface area contributed by atoms with Crippen molar-refractivity contribution >= 4 is 11.9 Å². The SMILES string of the molecule is O=C1OCc2c(F)c(F)c(c(F)c2F)COC(=O)c2cccc(c2)-c2cccc(c2)COCc2ccc(cc2)COCc2cccc(c2)-c2cccc1c2. The van der Waals surface area contributed by atoms with Crippen molar-refractivity contribution in [1.29, 1.82) is 0 Å². The number of carbonyl (C=O) groups is 2. The van der Waals surface area contributed by atoms with Crippen LogP contribution in [0, 0.1) is 23.3 Å². The molecule has 0 aliphatic carbocycles. The quantitative estimate of drug-likeness (QED) is 0.0880. The lowest BCUT2D eigenvalue weighted by Crippen LogP contribution is -2.14. The normalized spacial score (nSPS) is 14.1. The molecule has 54 heavy (non-hydrogen) atoms. The van der Waals surface area contributed by atoms with Crippen LogP contribution in [-0.2, 0) is 58.6 Å². The van der Waals surface area contributed by atoms with Crippen molar-refractivity contribution in [2.24, 2.45) is 0 Å². The summed E-state index contributed by atoms with van der Waals surface area (Å²) in [6.07, 6.45) is 0. The zero-order valence-corrected chi connectivity index (χ0v) is 28.8. The third-order valence-electron chi connectivity index (χ3n) is 8.96. The van der Waals surface area contributed by atoms with Crippen LogP contribution in [0.15, 0.2) is 121 Å². The molecule has 6 nitrogen and oxygen atoms in total. The molecular formula is C44H32F4O6. The molecule has 4 aliphatic rings. The molecule has 0 saturated heterocycles. The van der Waals surface area contributed by atoms with Gasteiger partial charge in [-0.1, -0.05) is 84.9 Å². The van der Waals surface area contributed by atoms with Crippen LogP contribution in [0.3, 0.4) is 0 Å². The lowest BCUT2D eigenvalue weighted by atomic mass is 10.0. The van der Waals surface area contributed by atoms with Crippen LogP contribution in [0.5, 0.6) is 0 Å². The lowest BCUT2D eigenvalue weighted by Gasteiger charge is -2.13. The highest BCUT2D eigenvalue weighted by Gasteiger charge is 2.27. The van der Waals surface area contributed by atoms with Crippen molar-refractivity contribution in [2.45, 2.75) is 39.6 Å². The van der Waals surface area contributed by atoms with Gasteiger partial charge in [0, 0.05) is 0 Å². The summed E-state index contributed by atoms with van der Waals surface area (Å²) in [7, 11) is 0. The summed E-state index contributed by atoms with van der Waals surface area (Å²) < 4.78 is 82.6. The monoisotopic (exact) mass is 732 g/mol. The van der Waals surface area contributed by atoms with E-state index in [1.807, 2.05) is 72.8 Å². The maximum Gasteiger partial charge on any atom is 0.338 e. The molecule has 4 aliphatic heterocycles. The Kier molecular flexibility index (Phi) is 10.9. The Balaban J connectivity index is 1.16. The van der Waals surface area contributed by atoms with Crippen molar-refractivity contribution in [1.82, 2.24) is 0 Å². The Labute approximate surface area is 308 Å². The first-order chi connectivity index (χ1) is 26.2. The molecule has 0 N–H and O–H groups in total. The smallest absolute Gasteiger partial charge is 0.338 e. The molecular weight excluding hydrogens is 700 g/mol. The van der Waals surface area contributed by atoms with E-state index in [-0.39, 0.29) is 11.1 Å². The van der Waals surface area contributed by atoms with Crippen LogP contribution in [0.25, 0.3) is 22.3 Å². The zero-order valence-electron chi connectivity index (χ0n) is 28.8. The van der Waals surface area contributed by atoms with E-state index < -0.39 is 59.5 Å². The highest BCUT2D eigenvalue weighted by Crippen LogP contribution is 2.28. The zero-order chi connectivity index (χ0) is 37.6. The van der Waals surface area contributed by atoms with Crippen LogP contribution in [0.1, 0.15) is 54.1 Å². The van der Waals surface area contributed by atoms with E-state index in [1.165, 1.54) is 24.3 Å². The number of ether oxygens (including phenoxy) is 4. The summed E-state index contributed by atoms with van der Waals surface area (Å²) in [4.78, 5) is 25.9. The third kappa shape index (κ3) is 8.25. The number of hydrogen-bond donors (Lipinski definition) is 0. The second-order valence-corrected chi connectivity index (χ2v) is 12.7. The number of rotatable bonds is 0. The van der Waals surface area contributed by atoms with Gasteiger partial charge < -0.3 is 18.9 Å². The van der Waals surface area contributed by atoms with Crippen molar-refractivity contribution in [3.05, 3.63) is 189 Å². The Bertz CT molecular complexity index is 2150. The van der Waals surface area contributed by atoms with E-state index in [2.05, 4.69) is 0 Å². The average molecular weight is 733 g/mol. The maximum absolute atomic E-state index is 15.1. The first-order valence-electron chi connectivity index (χ1n) is 17.0. The van der Waals surface area contributed by atoms with E-state index in [0.29, 0.717) is 37.6 Å². The second kappa shape index (κ2) is 16.3. The summed E-state index contributed by atoms with van der Waals surface area (Å²) in [5.41, 5.74) is 4.48. The Morgan fingerprint density at radius 1 is 0.352 bits per heavy atom. The summed E-state index contributed by atoms with van der Waals surface area (Å²) in [6.45, 7) is -0.759. The summed E-state index contributed by atoms with van der Waals surface area (Å²) in [6, 6.07) is 35.8. The van der Waals surface area contributed by atoms with Crippen LogP contribution in [0.4, 0.5) is 17.6 Å². The number of carbonyl (C=O) groups excluding carboxylic acids is 2. The van der Waals surface area contributed by atoms with Crippen molar-refractivity contribution in [3.63, 3.8) is 0 Å². The highest BCUT2D eigenvalue weighted by molar-refractivity contribution is 5.91. The number of halogens is 4. The summed E-state index contributed by atoms with van der Waals surface area (Å²) in [5, 5.41) is 0. The minimum atomic E-state index is -1.77. The minimum absolute atomic E-state index is 0.0519. The van der Waals surface area contributed by atoms with Crippen LogP contribution >= 0.6 is 0 Å². The van der Waals surface area contributed by atoms with E-state index in [4.69, 9.17) is 18.9 Å². The Morgan fingerprint density at radius 2 is 0.667 bits per heavy atom. The van der Waals surface area contributed by atoms with E-state index in [0.717, 1.165) is 33.4 Å². The van der Waals surface area contributed by atoms with Gasteiger partial charge in [-0.15, -0.1) is 0 Å². The van der Waals surface area contributed by atoms with Crippen molar-refractivity contribution in [3.8, 4) is 22.3 Å². The van der Waals surface area contributed by atoms with E-state index >= 15 is 17.6 Å². The van der Waals surface area contributed by atoms with E-state index in [9.17, 15) is 9.59 Å². The first kappa shape index (κ1) is 36.3. The van der Waals surface area contributed by atoms with Gasteiger partial charge in [-0.05, 0) is 80.9 Å². The molecule has 10 rings (SSSR count). The van der Waals surface area contributed by atoms with Gasteiger partial charge in [0.25, 0.3) is 0 Å². The van der Waals surface area contributed by atoms with Gasteiger partial charge in [-0.25, -0.2) is 27.2 Å². The van der Waals surface area contributed by atoms with Crippen LogP contribution in [0.2, 0.25) is 0 Å². The molecule has 0 amide bonds. The van der Waals surface area contributed by atoms with Gasteiger partial charge in [0.15, 0.2) is 23.3 Å². The number of hydrogen-bond acceptors (Lipinski definition) is 6. The standard InChI is InChI=1S/C44H32F4O6/c45-39-37-25-53-43(49)35-11-3-9-33(19-35)31-7-1-5-29(17-31)23-51-21-27-13-15-28(16-14-27)22-52-24-30-6-2-8-32(18-30)34-10-4-12-36(20-34)44(50)54-26-38(41(39)47)42(48)40(37)46/h1-20H,21-26H2. The average Bonchev–Trinajstić information content (AvgIpc) is 3.20. The van der Waals surface area contributed by atoms with E-state index in [1.54, 1.807) is 24.3 Å². The third-order valence-corrected chi connectivity index (χ3v) is 8.96. The van der Waals surface area contributed by atoms with Crippen LogP contribution in [-0.4, -0.2) is 11.9 Å². The Hall–Kier alpha value is -6.10. The minimum Gasteiger partial charge on any atom is -0.457 e. The largest absolute Gasteiger partial charge is 0.457 e. The molecule has 0 aromatic heterocycles. The first-order valence-corrected chi connectivity index (χ1v) is 17.0. The fourth-order valence-electron chi connectivity index (χ4n) is 6.06. The van der Waals surface area contributed by atoms with Crippen molar-refractivity contribution in [2.75, 3.05) is 0 Å². The number of esters is 2. The summed E-state index contributed by atoms with van der Waals surface area (Å²) >= 11 is 0. The van der Waals surface area contributed by atoms with Crippen LogP contribution < -0.4 is 0 Å². The number of benzene rings is 6. The lowest BCUT2D eigenvalue weighted by molar-refractivity contribution is 0.0443. The van der Waals surface area contributed by atoms with Gasteiger partial charge in [0.1, 0.15) is 13.2 Å². The fraction of sp³-hybridized carbons (Fsp3) is 0.136. The molecule has 0 spiro atoms. The predicted molar refractivity (Wildman–Crippen MR) is 192 cm³/mol. The van der Waals surface area contributed by atoms with Gasteiger partial charge in [0.2, 0.25) is 0 Å². The van der Waals surface area contributed by atoms with Gasteiger partial charge in [-0.2, -0.15) is 0 Å². The summed E-state index contributed by atoms with van der Waals surface area (Å²) in [5.74, 6) is -9.01. The fourth-order valence-corrected chi connectivity index (χ4v) is 6.06. The molecule has 12 bridgehead atoms. The van der Waals surface area contributed by atoms with Gasteiger partial charge >= 0.3 is 11.9 Å². The molecule has 6 aromatic rings. The van der Waals surface area contributed by atoms with Crippen molar-refractivity contribution < 1.29 is 46.1 Å². The molecule has 10 heteroatoms. The Morgan fingerprint density at radius 3 is 1.06 bits per heavy atom. The molecule has 6 aromatic carbocycles. The molecule has 0 atom stereocenters. The molecule has 0 fully saturated rings. The van der Waals surface area contributed by atoms with Gasteiger partial charge in [-0.3, -0.25) is 0 Å². The molecule has 0 radical (unpaired) electrons. The molecule has 0 unspecified atom stereocenters. The van der Waals surface area contributed by atoms with Gasteiger partial charge in [0.05, 0.1) is 48.7 Å². The second-order valence-electron chi connectivity index (χ2n) is 12.7. The highest BCUT2D eigenvalue weighted by atomic mass is 19.2. The topological polar surface area (TPSA) is 71.1 Å². The maximum atomic E-state index is 15.1.